The Labute approximate surface area is 210 Å². The number of alkyl halides is 3. The maximum atomic E-state index is 12.8. The topological polar surface area (TPSA) is 134 Å². The van der Waals surface area contributed by atoms with Gasteiger partial charge in [0, 0.05) is 36.3 Å². The second kappa shape index (κ2) is 11.4. The molecule has 0 unspecified atom stereocenters. The van der Waals surface area contributed by atoms with Crippen molar-refractivity contribution in [3.05, 3.63) is 58.5 Å². The number of nitrogens with zero attached hydrogens (tertiary/aromatic N) is 3. The number of pyridine rings is 2. The molecule has 2 aromatic heterocycles. The van der Waals surface area contributed by atoms with Crippen LogP contribution in [-0.2, 0) is 22.3 Å². The molecule has 0 atom stereocenters. The summed E-state index contributed by atoms with van der Waals surface area (Å²) in [6, 6.07) is 4.99. The first-order valence-corrected chi connectivity index (χ1v) is 11.2. The molecule has 192 valence electrons. The number of rotatable bonds is 7. The molecular formula is C23H24ClF3N6O3. The van der Waals surface area contributed by atoms with E-state index in [-0.39, 0.29) is 53.5 Å². The van der Waals surface area contributed by atoms with Crippen LogP contribution < -0.4 is 15.8 Å². The standard InChI is InChI=1S/C23H24ClF3N6O3/c1-36-20-9-15(16(24)12-30-20)17(28)10-18(29)22(35)33-7-5-13(6-8-33)21(34)31-11-14-3-2-4-19(32-14)23(25,26)27/h2-4,9-10,12-13,29H,5-8,11,28H2,1H3,(H,31,34)/b17-10-,29-18?. The van der Waals surface area contributed by atoms with Gasteiger partial charge in [-0.1, -0.05) is 17.7 Å². The van der Waals surface area contributed by atoms with E-state index in [1.807, 2.05) is 0 Å². The van der Waals surface area contributed by atoms with Crippen LogP contribution in [0.5, 0.6) is 5.88 Å². The smallest absolute Gasteiger partial charge is 0.433 e. The minimum Gasteiger partial charge on any atom is -0.481 e. The molecule has 36 heavy (non-hydrogen) atoms. The van der Waals surface area contributed by atoms with E-state index in [4.69, 9.17) is 27.5 Å². The normalized spacial score (nSPS) is 14.9. The fourth-order valence-electron chi connectivity index (χ4n) is 3.62. The highest BCUT2D eigenvalue weighted by Crippen LogP contribution is 2.27. The third-order valence-electron chi connectivity index (χ3n) is 5.57. The molecule has 9 nitrogen and oxygen atoms in total. The minimum absolute atomic E-state index is 0.0931. The molecule has 0 radical (unpaired) electrons. The number of aromatic nitrogens is 2. The zero-order valence-corrected chi connectivity index (χ0v) is 20.0. The van der Waals surface area contributed by atoms with Crippen LogP contribution in [0.4, 0.5) is 13.2 Å². The van der Waals surface area contributed by atoms with E-state index in [0.717, 1.165) is 6.07 Å². The Hall–Kier alpha value is -3.67. The molecule has 0 aliphatic carbocycles. The molecule has 1 aliphatic heterocycles. The second-order valence-electron chi connectivity index (χ2n) is 8.02. The predicted octanol–water partition coefficient (Wildman–Crippen LogP) is 3.03. The number of nitrogens with two attached hydrogens (primary N) is 1. The second-order valence-corrected chi connectivity index (χ2v) is 8.42. The molecule has 0 bridgehead atoms. The van der Waals surface area contributed by atoms with E-state index in [1.54, 1.807) is 0 Å². The average Bonchev–Trinajstić information content (AvgIpc) is 2.86. The van der Waals surface area contributed by atoms with Gasteiger partial charge in [-0.05, 0) is 31.1 Å². The fourth-order valence-corrected chi connectivity index (χ4v) is 3.83. The van der Waals surface area contributed by atoms with Gasteiger partial charge >= 0.3 is 6.18 Å². The number of hydrogen-bond acceptors (Lipinski definition) is 7. The molecule has 3 heterocycles. The predicted molar refractivity (Wildman–Crippen MR) is 126 cm³/mol. The molecular weight excluding hydrogens is 501 g/mol. The van der Waals surface area contributed by atoms with Crippen LogP contribution in [0.25, 0.3) is 5.70 Å². The lowest BCUT2D eigenvalue weighted by atomic mass is 9.95. The van der Waals surface area contributed by atoms with Crippen molar-refractivity contribution in [2.75, 3.05) is 20.2 Å². The first-order chi connectivity index (χ1) is 17.0. The largest absolute Gasteiger partial charge is 0.481 e. The van der Waals surface area contributed by atoms with Gasteiger partial charge in [0.25, 0.3) is 5.91 Å². The maximum absolute atomic E-state index is 12.8. The number of hydrogen-bond donors (Lipinski definition) is 3. The molecule has 4 N–H and O–H groups in total. The lowest BCUT2D eigenvalue weighted by Crippen LogP contribution is -2.45. The minimum atomic E-state index is -4.57. The summed E-state index contributed by atoms with van der Waals surface area (Å²) in [6.45, 7) is 0.330. The van der Waals surface area contributed by atoms with Crippen molar-refractivity contribution in [1.82, 2.24) is 20.2 Å². The lowest BCUT2D eigenvalue weighted by Gasteiger charge is -2.31. The third kappa shape index (κ3) is 6.72. The number of carbonyl (C=O) groups is 2. The lowest BCUT2D eigenvalue weighted by molar-refractivity contribution is -0.141. The van der Waals surface area contributed by atoms with Gasteiger partial charge in [-0.3, -0.25) is 15.0 Å². The summed E-state index contributed by atoms with van der Waals surface area (Å²) < 4.78 is 43.4. The van der Waals surface area contributed by atoms with E-state index in [0.29, 0.717) is 18.4 Å². The summed E-state index contributed by atoms with van der Waals surface area (Å²) in [5.41, 5.74) is 5.21. The molecule has 0 spiro atoms. The fraction of sp³-hybridized carbons (Fsp3) is 0.348. The van der Waals surface area contributed by atoms with Crippen molar-refractivity contribution in [2.24, 2.45) is 11.7 Å². The van der Waals surface area contributed by atoms with Crippen LogP contribution in [0.15, 0.2) is 36.5 Å². The average molecular weight is 525 g/mol. The molecule has 0 saturated carbocycles. The summed E-state index contributed by atoms with van der Waals surface area (Å²) in [7, 11) is 1.43. The summed E-state index contributed by atoms with van der Waals surface area (Å²) in [6.07, 6.45) is -1.34. The van der Waals surface area contributed by atoms with Gasteiger partial charge < -0.3 is 20.7 Å². The van der Waals surface area contributed by atoms with Crippen molar-refractivity contribution in [2.45, 2.75) is 25.6 Å². The number of nitrogens with one attached hydrogen (secondary N) is 2. The van der Waals surface area contributed by atoms with Crippen LogP contribution in [-0.4, -0.2) is 52.6 Å². The number of methoxy groups -OCH3 is 1. The van der Waals surface area contributed by atoms with E-state index >= 15 is 0 Å². The summed E-state index contributed by atoms with van der Waals surface area (Å²) in [4.78, 5) is 34.1. The van der Waals surface area contributed by atoms with Crippen molar-refractivity contribution < 1.29 is 27.5 Å². The van der Waals surface area contributed by atoms with E-state index in [2.05, 4.69) is 15.3 Å². The zero-order valence-electron chi connectivity index (χ0n) is 19.2. The molecule has 1 saturated heterocycles. The van der Waals surface area contributed by atoms with Crippen LogP contribution >= 0.6 is 11.6 Å². The van der Waals surface area contributed by atoms with Crippen molar-refractivity contribution in [3.63, 3.8) is 0 Å². The molecule has 1 fully saturated rings. The van der Waals surface area contributed by atoms with Gasteiger partial charge in [-0.15, -0.1) is 0 Å². The zero-order chi connectivity index (χ0) is 26.5. The Balaban J connectivity index is 1.53. The van der Waals surface area contributed by atoms with Crippen LogP contribution in [0, 0.1) is 11.3 Å². The van der Waals surface area contributed by atoms with Gasteiger partial charge in [-0.25, -0.2) is 9.97 Å². The van der Waals surface area contributed by atoms with Crippen LogP contribution in [0.1, 0.15) is 29.8 Å². The number of amides is 2. The summed E-state index contributed by atoms with van der Waals surface area (Å²) in [5, 5.41) is 11.0. The third-order valence-corrected chi connectivity index (χ3v) is 5.88. The van der Waals surface area contributed by atoms with Gasteiger partial charge in [0.05, 0.1) is 30.6 Å². The van der Waals surface area contributed by atoms with E-state index in [9.17, 15) is 22.8 Å². The van der Waals surface area contributed by atoms with E-state index < -0.39 is 23.7 Å². The quantitative estimate of drug-likeness (QED) is 0.477. The Kier molecular flexibility index (Phi) is 8.51. The molecule has 2 amide bonds. The van der Waals surface area contributed by atoms with E-state index in [1.165, 1.54) is 42.5 Å². The molecule has 0 aromatic carbocycles. The van der Waals surface area contributed by atoms with Crippen LogP contribution in [0.2, 0.25) is 5.02 Å². The molecule has 1 aliphatic rings. The van der Waals surface area contributed by atoms with Gasteiger partial charge in [-0.2, -0.15) is 13.2 Å². The Morgan fingerprint density at radius 3 is 2.67 bits per heavy atom. The monoisotopic (exact) mass is 524 g/mol. The van der Waals surface area contributed by atoms with Gasteiger partial charge in [0.2, 0.25) is 11.8 Å². The van der Waals surface area contributed by atoms with Gasteiger partial charge in [0.15, 0.2) is 0 Å². The van der Waals surface area contributed by atoms with Gasteiger partial charge in [0.1, 0.15) is 11.4 Å². The first-order valence-electron chi connectivity index (χ1n) is 10.8. The van der Waals surface area contributed by atoms with Crippen molar-refractivity contribution >= 4 is 34.8 Å². The van der Waals surface area contributed by atoms with Crippen molar-refractivity contribution in [3.8, 4) is 5.88 Å². The highest BCUT2D eigenvalue weighted by Gasteiger charge is 2.32. The Morgan fingerprint density at radius 1 is 1.33 bits per heavy atom. The Bertz CT molecular complexity index is 1180. The number of likely N-dealkylation sites (tertiary alicyclic amines) is 1. The highest BCUT2D eigenvalue weighted by atomic mass is 35.5. The molecule has 2 aromatic rings. The SMILES string of the molecule is COc1cc(/C(N)=C/C(=N)C(=O)N2CCC(C(=O)NCc3cccc(C(F)(F)F)n3)CC2)c(Cl)cn1. The first kappa shape index (κ1) is 26.9. The number of ether oxygens (including phenoxy) is 1. The number of halogens is 4. The maximum Gasteiger partial charge on any atom is 0.433 e. The highest BCUT2D eigenvalue weighted by molar-refractivity contribution is 6.43. The summed E-state index contributed by atoms with van der Waals surface area (Å²) in [5.74, 6) is -1.03. The Morgan fingerprint density at radius 2 is 2.03 bits per heavy atom. The molecule has 3 rings (SSSR count). The molecule has 13 heteroatoms. The summed E-state index contributed by atoms with van der Waals surface area (Å²) >= 11 is 6.10. The van der Waals surface area contributed by atoms with Crippen LogP contribution in [0.3, 0.4) is 0 Å². The van der Waals surface area contributed by atoms with Crippen molar-refractivity contribution in [1.29, 1.82) is 5.41 Å². The number of piperidine rings is 1. The number of carbonyl (C=O) groups excluding carboxylic acids is 2.